The number of aryl methyl sites for hydroxylation is 1. The molecule has 0 aliphatic rings. The van der Waals surface area contributed by atoms with Crippen molar-refractivity contribution in [1.82, 2.24) is 4.72 Å². The van der Waals surface area contributed by atoms with Crippen LogP contribution in [0.4, 0.5) is 18.9 Å². The lowest BCUT2D eigenvalue weighted by atomic mass is 10.1. The Bertz CT molecular complexity index is 989. The maximum absolute atomic E-state index is 12.8. The second kappa shape index (κ2) is 8.96. The summed E-state index contributed by atoms with van der Waals surface area (Å²) in [6.45, 7) is 5.30. The normalized spacial score (nSPS) is 13.2. The number of sulfonamides is 1. The lowest BCUT2D eigenvalue weighted by Gasteiger charge is -2.15. The Hall–Kier alpha value is -2.39. The lowest BCUT2D eigenvalue weighted by Crippen LogP contribution is -2.32. The van der Waals surface area contributed by atoms with E-state index in [-0.39, 0.29) is 22.2 Å². The molecule has 0 heterocycles. The zero-order chi connectivity index (χ0) is 21.8. The highest BCUT2D eigenvalue weighted by atomic mass is 32.2. The van der Waals surface area contributed by atoms with Gasteiger partial charge >= 0.3 is 6.18 Å². The molecule has 0 aromatic heterocycles. The van der Waals surface area contributed by atoms with E-state index in [0.29, 0.717) is 12.0 Å². The molecule has 158 valence electrons. The predicted molar refractivity (Wildman–Crippen MR) is 105 cm³/mol. The van der Waals surface area contributed by atoms with Gasteiger partial charge < -0.3 is 5.32 Å². The Kier molecular flexibility index (Phi) is 7.07. The van der Waals surface area contributed by atoms with Crippen molar-refractivity contribution >= 4 is 21.6 Å². The number of benzene rings is 2. The molecule has 0 aliphatic heterocycles. The highest BCUT2D eigenvalue weighted by molar-refractivity contribution is 7.89. The van der Waals surface area contributed by atoms with Crippen molar-refractivity contribution in [2.24, 2.45) is 0 Å². The molecule has 0 radical (unpaired) electrons. The van der Waals surface area contributed by atoms with Crippen molar-refractivity contribution in [2.45, 2.75) is 50.7 Å². The molecular formula is C20H23F3N2O3S. The molecule has 2 rings (SSSR count). The van der Waals surface area contributed by atoms with Crippen molar-refractivity contribution in [3.05, 3.63) is 59.2 Å². The van der Waals surface area contributed by atoms with E-state index in [9.17, 15) is 26.4 Å². The number of anilines is 1. The largest absolute Gasteiger partial charge is 0.416 e. The van der Waals surface area contributed by atoms with Crippen LogP contribution < -0.4 is 10.0 Å². The highest BCUT2D eigenvalue weighted by Gasteiger charge is 2.30. The number of nitrogens with one attached hydrogen (secondary N) is 2. The van der Waals surface area contributed by atoms with Gasteiger partial charge in [0.25, 0.3) is 5.91 Å². The van der Waals surface area contributed by atoms with Gasteiger partial charge in [0.05, 0.1) is 10.5 Å². The monoisotopic (exact) mass is 428 g/mol. The summed E-state index contributed by atoms with van der Waals surface area (Å²) in [5.74, 6) is -0.694. The highest BCUT2D eigenvalue weighted by Crippen LogP contribution is 2.30. The molecule has 2 N–H and O–H groups in total. The van der Waals surface area contributed by atoms with Gasteiger partial charge in [-0.05, 0) is 56.2 Å². The van der Waals surface area contributed by atoms with Crippen molar-refractivity contribution < 1.29 is 26.4 Å². The van der Waals surface area contributed by atoms with Crippen LogP contribution in [0.15, 0.2) is 47.4 Å². The van der Waals surface area contributed by atoms with Crippen LogP contribution in [0.2, 0.25) is 0 Å². The zero-order valence-electron chi connectivity index (χ0n) is 16.3. The minimum absolute atomic E-state index is 0.0350. The summed E-state index contributed by atoms with van der Waals surface area (Å²) in [5, 5.41) is 2.40. The Morgan fingerprint density at radius 3 is 2.45 bits per heavy atom. The van der Waals surface area contributed by atoms with Crippen LogP contribution in [0.25, 0.3) is 0 Å². The number of carbonyl (C=O) groups is 1. The maximum Gasteiger partial charge on any atom is 0.416 e. The smallest absolute Gasteiger partial charge is 0.322 e. The Morgan fingerprint density at radius 1 is 1.14 bits per heavy atom. The summed E-state index contributed by atoms with van der Waals surface area (Å²) in [6.07, 6.45) is -3.07. The van der Waals surface area contributed by atoms with Crippen molar-refractivity contribution in [2.75, 3.05) is 5.32 Å². The van der Waals surface area contributed by atoms with Gasteiger partial charge in [0.2, 0.25) is 10.0 Å². The Labute approximate surface area is 168 Å². The minimum Gasteiger partial charge on any atom is -0.322 e. The molecule has 0 unspecified atom stereocenters. The topological polar surface area (TPSA) is 75.3 Å². The molecule has 1 atom stereocenters. The van der Waals surface area contributed by atoms with Gasteiger partial charge in [-0.25, -0.2) is 13.1 Å². The van der Waals surface area contributed by atoms with E-state index in [2.05, 4.69) is 10.0 Å². The van der Waals surface area contributed by atoms with Gasteiger partial charge in [0.1, 0.15) is 0 Å². The van der Waals surface area contributed by atoms with E-state index in [1.807, 2.05) is 6.92 Å². The number of hydrogen-bond acceptors (Lipinski definition) is 3. The molecule has 0 fully saturated rings. The summed E-state index contributed by atoms with van der Waals surface area (Å²) < 4.78 is 66.2. The number of alkyl halides is 3. The summed E-state index contributed by atoms with van der Waals surface area (Å²) in [5.41, 5.74) is -0.367. The average Bonchev–Trinajstić information content (AvgIpc) is 2.61. The van der Waals surface area contributed by atoms with Crippen LogP contribution in [0.5, 0.6) is 0 Å². The maximum atomic E-state index is 12.8. The van der Waals surface area contributed by atoms with Gasteiger partial charge in [0.15, 0.2) is 0 Å². The first kappa shape index (κ1) is 22.9. The molecular weight excluding hydrogens is 405 g/mol. The van der Waals surface area contributed by atoms with E-state index < -0.39 is 27.7 Å². The van der Waals surface area contributed by atoms with Crippen LogP contribution in [0, 0.1) is 6.92 Å². The van der Waals surface area contributed by atoms with E-state index in [0.717, 1.165) is 18.6 Å². The molecule has 0 saturated heterocycles. The lowest BCUT2D eigenvalue weighted by molar-refractivity contribution is -0.137. The van der Waals surface area contributed by atoms with Crippen LogP contribution in [0.3, 0.4) is 0 Å². The Balaban J connectivity index is 2.29. The molecule has 1 amide bonds. The minimum atomic E-state index is -4.54. The first-order valence-electron chi connectivity index (χ1n) is 9.05. The van der Waals surface area contributed by atoms with E-state index in [1.165, 1.54) is 30.3 Å². The number of carbonyl (C=O) groups excluding carboxylic acids is 1. The molecule has 9 heteroatoms. The third kappa shape index (κ3) is 6.04. The number of hydrogen-bond donors (Lipinski definition) is 2. The summed E-state index contributed by atoms with van der Waals surface area (Å²) in [6, 6.07) is 8.06. The number of halogens is 3. The van der Waals surface area contributed by atoms with Crippen LogP contribution in [-0.4, -0.2) is 20.4 Å². The molecule has 0 aliphatic carbocycles. The van der Waals surface area contributed by atoms with Crippen LogP contribution in [-0.2, 0) is 16.2 Å². The summed E-state index contributed by atoms with van der Waals surface area (Å²) >= 11 is 0. The second-order valence-corrected chi connectivity index (χ2v) is 8.53. The standard InChI is InChI=1S/C20H23F3N2O3S/c1-4-6-14(3)25-29(27,28)17-10-9-13(2)18(12-17)19(26)24-16-8-5-7-15(11-16)20(21,22)23/h5,7-12,14,25H,4,6H2,1-3H3,(H,24,26)/t14-/m0/s1. The molecule has 29 heavy (non-hydrogen) atoms. The molecule has 5 nitrogen and oxygen atoms in total. The molecule has 2 aromatic rings. The number of rotatable bonds is 7. The summed E-state index contributed by atoms with van der Waals surface area (Å²) in [4.78, 5) is 12.5. The average molecular weight is 428 g/mol. The van der Waals surface area contributed by atoms with Gasteiger partial charge in [-0.2, -0.15) is 13.2 Å². The third-order valence-electron chi connectivity index (χ3n) is 4.29. The van der Waals surface area contributed by atoms with Crippen LogP contribution >= 0.6 is 0 Å². The van der Waals surface area contributed by atoms with Gasteiger partial charge in [-0.3, -0.25) is 4.79 Å². The predicted octanol–water partition coefficient (Wildman–Crippen LogP) is 4.73. The molecule has 0 spiro atoms. The van der Waals surface area contributed by atoms with E-state index in [1.54, 1.807) is 13.8 Å². The van der Waals surface area contributed by atoms with Crippen molar-refractivity contribution in [3.63, 3.8) is 0 Å². The van der Waals surface area contributed by atoms with Gasteiger partial charge in [-0.1, -0.05) is 25.5 Å². The zero-order valence-corrected chi connectivity index (χ0v) is 17.1. The second-order valence-electron chi connectivity index (χ2n) is 6.82. The third-order valence-corrected chi connectivity index (χ3v) is 5.88. The SMILES string of the molecule is CCC[C@H](C)NS(=O)(=O)c1ccc(C)c(C(=O)Nc2cccc(C(F)(F)F)c2)c1. The number of amides is 1. The van der Waals surface area contributed by atoms with Crippen molar-refractivity contribution in [1.29, 1.82) is 0 Å². The van der Waals surface area contributed by atoms with Crippen molar-refractivity contribution in [3.8, 4) is 0 Å². The molecule has 0 bridgehead atoms. The fraction of sp³-hybridized carbons (Fsp3) is 0.350. The van der Waals surface area contributed by atoms with E-state index in [4.69, 9.17) is 0 Å². The fourth-order valence-electron chi connectivity index (χ4n) is 2.81. The van der Waals surface area contributed by atoms with Crippen LogP contribution in [0.1, 0.15) is 48.2 Å². The molecule has 2 aromatic carbocycles. The molecule has 0 saturated carbocycles. The van der Waals surface area contributed by atoms with Gasteiger partial charge in [-0.15, -0.1) is 0 Å². The first-order chi connectivity index (χ1) is 13.4. The Morgan fingerprint density at radius 2 is 1.83 bits per heavy atom. The quantitative estimate of drug-likeness (QED) is 0.669. The van der Waals surface area contributed by atoms with E-state index >= 15 is 0 Å². The first-order valence-corrected chi connectivity index (χ1v) is 10.5. The van der Waals surface area contributed by atoms with Gasteiger partial charge in [0, 0.05) is 17.3 Å². The fourth-order valence-corrected chi connectivity index (χ4v) is 4.11. The summed E-state index contributed by atoms with van der Waals surface area (Å²) in [7, 11) is -3.83.